The van der Waals surface area contributed by atoms with Crippen molar-refractivity contribution in [2.45, 2.75) is 84.1 Å². The van der Waals surface area contributed by atoms with Crippen LogP contribution in [0.3, 0.4) is 0 Å². The molecule has 0 spiro atoms. The highest BCUT2D eigenvalue weighted by atomic mass is 28.4. The first-order chi connectivity index (χ1) is 9.29. The van der Waals surface area contributed by atoms with Crippen molar-refractivity contribution in [2.75, 3.05) is 6.61 Å². The molecule has 1 aliphatic heterocycles. The van der Waals surface area contributed by atoms with Gasteiger partial charge in [-0.05, 0) is 45.8 Å². The largest absolute Gasteiger partial charge is 0.461 e. The molecule has 0 aromatic carbocycles. The lowest BCUT2D eigenvalue weighted by Gasteiger charge is -2.35. The lowest BCUT2D eigenvalue weighted by atomic mass is 9.85. The third-order valence-corrected chi connectivity index (χ3v) is 9.64. The maximum absolute atomic E-state index is 6.11. The van der Waals surface area contributed by atoms with Gasteiger partial charge in [0.1, 0.15) is 0 Å². The number of allylic oxidation sites excluding steroid dienone is 1. The van der Waals surface area contributed by atoms with Crippen LogP contribution in [0.15, 0.2) is 12.2 Å². The van der Waals surface area contributed by atoms with Gasteiger partial charge in [0.05, 0.1) is 17.8 Å². The molecule has 0 N–H and O–H groups in total. The van der Waals surface area contributed by atoms with Crippen molar-refractivity contribution in [3.05, 3.63) is 12.2 Å². The zero-order chi connectivity index (χ0) is 16.5. The molecule has 122 valence electrons. The number of hydrogen-bond donors (Lipinski definition) is 0. The maximum Gasteiger partial charge on any atom is 0.461 e. The van der Waals surface area contributed by atoms with Crippen molar-refractivity contribution in [3.8, 4) is 0 Å². The van der Waals surface area contributed by atoms with Crippen LogP contribution in [0, 0.1) is 0 Å². The Hall–Kier alpha value is -0.0982. The van der Waals surface area contributed by atoms with Crippen LogP contribution in [0.5, 0.6) is 0 Å². The van der Waals surface area contributed by atoms with Gasteiger partial charge in [0, 0.05) is 6.32 Å². The minimum absolute atomic E-state index is 0.154. The fourth-order valence-corrected chi connectivity index (χ4v) is 2.76. The molecule has 1 heterocycles. The summed E-state index contributed by atoms with van der Waals surface area (Å²) in [7, 11) is -1.80. The van der Waals surface area contributed by atoms with Crippen LogP contribution in [-0.4, -0.2) is 33.2 Å². The van der Waals surface area contributed by atoms with Crippen molar-refractivity contribution in [1.82, 2.24) is 0 Å². The van der Waals surface area contributed by atoms with Gasteiger partial charge in [-0.15, -0.1) is 0 Å². The van der Waals surface area contributed by atoms with E-state index in [1.54, 1.807) is 0 Å². The van der Waals surface area contributed by atoms with Crippen LogP contribution >= 0.6 is 0 Å². The quantitative estimate of drug-likeness (QED) is 0.546. The summed E-state index contributed by atoms with van der Waals surface area (Å²) in [4.78, 5) is 0. The summed E-state index contributed by atoms with van der Waals surface area (Å²) in [6, 6.07) is 0. The molecule has 1 aliphatic rings. The second kappa shape index (κ2) is 6.19. The Bertz CT molecular complexity index is 367. The lowest BCUT2D eigenvalue weighted by Crippen LogP contribution is -2.41. The van der Waals surface area contributed by atoms with Gasteiger partial charge in [0.2, 0.25) is 0 Å². The molecule has 0 aliphatic carbocycles. The van der Waals surface area contributed by atoms with Crippen LogP contribution in [0.1, 0.15) is 48.5 Å². The van der Waals surface area contributed by atoms with E-state index in [0.717, 1.165) is 6.32 Å². The van der Waals surface area contributed by atoms with Gasteiger partial charge >= 0.3 is 7.12 Å². The molecule has 0 bridgehead atoms. The summed E-state index contributed by atoms with van der Waals surface area (Å²) in [5.74, 6) is 0. The summed E-state index contributed by atoms with van der Waals surface area (Å²) in [5, 5.41) is 0.257. The standard InChI is InChI=1S/C16H33BO3Si/c1-14(2,3)21(8,9)18-13-11-10-12-17-19-15(4,5)16(6,7)20-17/h10-11H,12-13H2,1-9H3/b11-10+. The number of rotatable bonds is 5. The molecule has 5 heteroatoms. The summed E-state index contributed by atoms with van der Waals surface area (Å²) in [5.41, 5.74) is -0.494. The van der Waals surface area contributed by atoms with Gasteiger partial charge in [0.25, 0.3) is 0 Å². The Labute approximate surface area is 132 Å². The lowest BCUT2D eigenvalue weighted by molar-refractivity contribution is 0.00578. The third kappa shape index (κ3) is 4.68. The Morgan fingerprint density at radius 1 is 1.00 bits per heavy atom. The van der Waals surface area contributed by atoms with Crippen LogP contribution in [0.25, 0.3) is 0 Å². The van der Waals surface area contributed by atoms with Gasteiger partial charge in [-0.3, -0.25) is 0 Å². The fraction of sp³-hybridized carbons (Fsp3) is 0.875. The second-order valence-electron chi connectivity index (χ2n) is 8.46. The zero-order valence-electron chi connectivity index (χ0n) is 15.4. The van der Waals surface area contributed by atoms with E-state index in [1.165, 1.54) is 0 Å². The minimum Gasteiger partial charge on any atom is -0.413 e. The molecule has 1 rings (SSSR count). The van der Waals surface area contributed by atoms with E-state index in [9.17, 15) is 0 Å². The first-order valence-corrected chi connectivity index (χ1v) is 10.8. The molecule has 0 saturated carbocycles. The Morgan fingerprint density at radius 2 is 1.48 bits per heavy atom. The summed E-state index contributed by atoms with van der Waals surface area (Å²) in [6.07, 6.45) is 4.97. The van der Waals surface area contributed by atoms with E-state index >= 15 is 0 Å². The second-order valence-corrected chi connectivity index (χ2v) is 13.3. The maximum atomic E-state index is 6.11. The van der Waals surface area contributed by atoms with E-state index < -0.39 is 8.32 Å². The highest BCUT2D eigenvalue weighted by Gasteiger charge is 2.50. The molecular weight excluding hydrogens is 279 g/mol. The molecule has 0 atom stereocenters. The van der Waals surface area contributed by atoms with Gasteiger partial charge in [-0.25, -0.2) is 0 Å². The Kier molecular flexibility index (Phi) is 5.58. The normalized spacial score (nSPS) is 22.2. The molecule has 1 saturated heterocycles. The zero-order valence-corrected chi connectivity index (χ0v) is 16.4. The molecule has 1 fully saturated rings. The average Bonchev–Trinajstić information content (AvgIpc) is 2.45. The van der Waals surface area contributed by atoms with E-state index in [4.69, 9.17) is 13.7 Å². The predicted octanol–water partition coefficient (Wildman–Crippen LogP) is 4.66. The van der Waals surface area contributed by atoms with E-state index in [0.29, 0.717) is 6.61 Å². The van der Waals surface area contributed by atoms with Gasteiger partial charge in [-0.2, -0.15) is 0 Å². The molecule has 0 unspecified atom stereocenters. The molecule has 0 amide bonds. The highest BCUT2D eigenvalue weighted by Crippen LogP contribution is 2.38. The topological polar surface area (TPSA) is 27.7 Å². The smallest absolute Gasteiger partial charge is 0.413 e. The summed E-state index contributed by atoms with van der Waals surface area (Å²) >= 11 is 0. The predicted molar refractivity (Wildman–Crippen MR) is 93.2 cm³/mol. The van der Waals surface area contributed by atoms with Crippen LogP contribution in [0.4, 0.5) is 0 Å². The molecule has 0 aromatic heterocycles. The minimum atomic E-state index is -1.65. The van der Waals surface area contributed by atoms with Gasteiger partial charge in [-0.1, -0.05) is 32.9 Å². The molecule has 0 aromatic rings. The Balaban J connectivity index is 2.38. The van der Waals surface area contributed by atoms with Crippen molar-refractivity contribution in [2.24, 2.45) is 0 Å². The van der Waals surface area contributed by atoms with Crippen molar-refractivity contribution in [3.63, 3.8) is 0 Å². The van der Waals surface area contributed by atoms with Crippen molar-refractivity contribution >= 4 is 15.4 Å². The molecular formula is C16H33BO3Si. The SMILES string of the molecule is CC1(C)OB(C/C=C/CO[Si](C)(C)C(C)(C)C)OC1(C)C. The monoisotopic (exact) mass is 312 g/mol. The van der Waals surface area contributed by atoms with Crippen molar-refractivity contribution < 1.29 is 13.7 Å². The van der Waals surface area contributed by atoms with E-state index in [2.05, 4.69) is 73.7 Å². The van der Waals surface area contributed by atoms with Gasteiger partial charge < -0.3 is 13.7 Å². The number of hydrogen-bond acceptors (Lipinski definition) is 3. The van der Waals surface area contributed by atoms with E-state index in [1.807, 2.05) is 0 Å². The summed E-state index contributed by atoms with van der Waals surface area (Å²) < 4.78 is 18.0. The first kappa shape index (κ1) is 18.9. The summed E-state index contributed by atoms with van der Waals surface area (Å²) in [6.45, 7) is 20.3. The fourth-order valence-electron chi connectivity index (χ4n) is 1.81. The van der Waals surface area contributed by atoms with Crippen LogP contribution < -0.4 is 0 Å². The van der Waals surface area contributed by atoms with E-state index in [-0.39, 0.29) is 23.4 Å². The molecule has 3 nitrogen and oxygen atoms in total. The van der Waals surface area contributed by atoms with Gasteiger partial charge in [0.15, 0.2) is 8.32 Å². The first-order valence-electron chi connectivity index (χ1n) is 7.93. The van der Waals surface area contributed by atoms with Crippen LogP contribution in [-0.2, 0) is 13.7 Å². The Morgan fingerprint density at radius 3 is 1.90 bits per heavy atom. The molecule has 21 heavy (non-hydrogen) atoms. The molecule has 0 radical (unpaired) electrons. The third-order valence-electron chi connectivity index (χ3n) is 5.14. The van der Waals surface area contributed by atoms with Crippen LogP contribution in [0.2, 0.25) is 24.5 Å². The average molecular weight is 312 g/mol. The van der Waals surface area contributed by atoms with Crippen molar-refractivity contribution in [1.29, 1.82) is 0 Å². The highest BCUT2D eigenvalue weighted by molar-refractivity contribution is 6.74.